The standard InChI is InChI=1S/C15H19N5/c1-2-12-5-7-13(8-6-12)17-15-18-14(11-16-19-15)20-9-3-4-10-20/h5-8,11H,2-4,9-10H2,1H3,(H,17,18,19). The van der Waals surface area contributed by atoms with Crippen LogP contribution in [-0.4, -0.2) is 28.3 Å². The summed E-state index contributed by atoms with van der Waals surface area (Å²) < 4.78 is 0. The number of hydrogen-bond acceptors (Lipinski definition) is 5. The predicted octanol–water partition coefficient (Wildman–Crippen LogP) is 2.78. The van der Waals surface area contributed by atoms with Crippen LogP contribution in [0.2, 0.25) is 0 Å². The summed E-state index contributed by atoms with van der Waals surface area (Å²) in [4.78, 5) is 6.78. The van der Waals surface area contributed by atoms with Crippen molar-refractivity contribution in [3.8, 4) is 0 Å². The molecule has 1 N–H and O–H groups in total. The maximum absolute atomic E-state index is 4.53. The third kappa shape index (κ3) is 2.87. The van der Waals surface area contributed by atoms with Gasteiger partial charge in [-0.05, 0) is 37.0 Å². The molecule has 0 unspecified atom stereocenters. The number of nitrogens with one attached hydrogen (secondary N) is 1. The fraction of sp³-hybridized carbons (Fsp3) is 0.400. The van der Waals surface area contributed by atoms with E-state index in [2.05, 4.69) is 44.5 Å². The van der Waals surface area contributed by atoms with E-state index in [1.807, 2.05) is 12.1 Å². The second-order valence-corrected chi connectivity index (χ2v) is 5.01. The zero-order valence-corrected chi connectivity index (χ0v) is 11.7. The Hall–Kier alpha value is -2.17. The number of rotatable bonds is 4. The van der Waals surface area contributed by atoms with E-state index in [1.165, 1.54) is 18.4 Å². The van der Waals surface area contributed by atoms with Gasteiger partial charge in [0.25, 0.3) is 0 Å². The molecule has 5 nitrogen and oxygen atoms in total. The maximum atomic E-state index is 4.53. The Morgan fingerprint density at radius 3 is 2.60 bits per heavy atom. The first-order valence-electron chi connectivity index (χ1n) is 7.16. The zero-order valence-electron chi connectivity index (χ0n) is 11.7. The van der Waals surface area contributed by atoms with E-state index < -0.39 is 0 Å². The van der Waals surface area contributed by atoms with Crippen LogP contribution in [0.5, 0.6) is 0 Å². The SMILES string of the molecule is CCc1ccc(Nc2nncc(N3CCCC3)n2)cc1. The van der Waals surface area contributed by atoms with Crippen LogP contribution in [0, 0.1) is 0 Å². The average molecular weight is 269 g/mol. The van der Waals surface area contributed by atoms with Crippen LogP contribution in [0.3, 0.4) is 0 Å². The molecule has 3 rings (SSSR count). The molecule has 0 bridgehead atoms. The quantitative estimate of drug-likeness (QED) is 0.925. The number of hydrogen-bond donors (Lipinski definition) is 1. The molecule has 0 saturated carbocycles. The molecule has 0 spiro atoms. The van der Waals surface area contributed by atoms with Crippen molar-refractivity contribution in [3.63, 3.8) is 0 Å². The summed E-state index contributed by atoms with van der Waals surface area (Å²) in [6.45, 7) is 4.27. The zero-order chi connectivity index (χ0) is 13.8. The molecule has 0 radical (unpaired) electrons. The Morgan fingerprint density at radius 1 is 1.15 bits per heavy atom. The molecule has 0 aliphatic carbocycles. The molecular formula is C15H19N5. The van der Waals surface area contributed by atoms with E-state index in [-0.39, 0.29) is 0 Å². The lowest BCUT2D eigenvalue weighted by atomic mass is 10.1. The van der Waals surface area contributed by atoms with Gasteiger partial charge in [0.05, 0.1) is 6.20 Å². The molecule has 1 aliphatic heterocycles. The van der Waals surface area contributed by atoms with Gasteiger partial charge in [0.15, 0.2) is 5.82 Å². The second kappa shape index (κ2) is 5.86. The Kier molecular flexibility index (Phi) is 3.76. The molecule has 0 atom stereocenters. The van der Waals surface area contributed by atoms with Gasteiger partial charge in [0.1, 0.15) is 0 Å². The minimum atomic E-state index is 0.554. The molecule has 1 aromatic heterocycles. The van der Waals surface area contributed by atoms with Crippen LogP contribution >= 0.6 is 0 Å². The highest BCUT2D eigenvalue weighted by Crippen LogP contribution is 2.19. The number of aromatic nitrogens is 3. The number of aryl methyl sites for hydroxylation is 1. The number of nitrogens with zero attached hydrogens (tertiary/aromatic N) is 4. The van der Waals surface area contributed by atoms with E-state index >= 15 is 0 Å². The summed E-state index contributed by atoms with van der Waals surface area (Å²) in [5.74, 6) is 1.46. The van der Waals surface area contributed by atoms with Crippen molar-refractivity contribution < 1.29 is 0 Å². The van der Waals surface area contributed by atoms with Crippen molar-refractivity contribution in [1.29, 1.82) is 0 Å². The van der Waals surface area contributed by atoms with Crippen molar-refractivity contribution >= 4 is 17.5 Å². The molecule has 1 saturated heterocycles. The highest BCUT2D eigenvalue weighted by molar-refractivity contribution is 5.54. The van der Waals surface area contributed by atoms with Crippen LogP contribution in [0.1, 0.15) is 25.3 Å². The fourth-order valence-electron chi connectivity index (χ4n) is 2.40. The Bertz CT molecular complexity index is 561. The first kappa shape index (κ1) is 12.8. The molecule has 2 aromatic rings. The van der Waals surface area contributed by atoms with Crippen molar-refractivity contribution in [2.45, 2.75) is 26.2 Å². The van der Waals surface area contributed by atoms with Crippen molar-refractivity contribution in [2.24, 2.45) is 0 Å². The largest absolute Gasteiger partial charge is 0.355 e. The highest BCUT2D eigenvalue weighted by atomic mass is 15.3. The monoisotopic (exact) mass is 269 g/mol. The minimum Gasteiger partial charge on any atom is -0.355 e. The second-order valence-electron chi connectivity index (χ2n) is 5.01. The van der Waals surface area contributed by atoms with Gasteiger partial charge in [-0.15, -0.1) is 5.10 Å². The normalized spacial score (nSPS) is 14.6. The average Bonchev–Trinajstić information content (AvgIpc) is 3.03. The first-order valence-corrected chi connectivity index (χ1v) is 7.16. The van der Waals surface area contributed by atoms with Gasteiger partial charge in [0.2, 0.25) is 5.95 Å². The van der Waals surface area contributed by atoms with E-state index in [4.69, 9.17) is 0 Å². The third-order valence-electron chi connectivity index (χ3n) is 3.59. The summed E-state index contributed by atoms with van der Waals surface area (Å²) >= 11 is 0. The molecular weight excluding hydrogens is 250 g/mol. The summed E-state index contributed by atoms with van der Waals surface area (Å²) in [5.41, 5.74) is 2.31. The summed E-state index contributed by atoms with van der Waals surface area (Å²) in [6, 6.07) is 8.32. The smallest absolute Gasteiger partial charge is 0.249 e. The number of anilines is 3. The summed E-state index contributed by atoms with van der Waals surface area (Å²) in [5, 5.41) is 11.3. The van der Waals surface area contributed by atoms with Gasteiger partial charge < -0.3 is 10.2 Å². The molecule has 0 amide bonds. The van der Waals surface area contributed by atoms with Crippen molar-refractivity contribution in [2.75, 3.05) is 23.3 Å². The van der Waals surface area contributed by atoms with Crippen LogP contribution in [0.4, 0.5) is 17.5 Å². The first-order chi connectivity index (χ1) is 9.85. The topological polar surface area (TPSA) is 53.9 Å². The third-order valence-corrected chi connectivity index (χ3v) is 3.59. The number of benzene rings is 1. The van der Waals surface area contributed by atoms with Gasteiger partial charge >= 0.3 is 0 Å². The fourth-order valence-corrected chi connectivity index (χ4v) is 2.40. The molecule has 2 heterocycles. The molecule has 1 aromatic carbocycles. The summed E-state index contributed by atoms with van der Waals surface area (Å²) in [6.07, 6.45) is 5.23. The van der Waals surface area contributed by atoms with E-state index in [0.717, 1.165) is 31.0 Å². The van der Waals surface area contributed by atoms with Crippen molar-refractivity contribution in [1.82, 2.24) is 15.2 Å². The molecule has 1 aliphatic rings. The predicted molar refractivity (Wildman–Crippen MR) is 80.4 cm³/mol. The van der Waals surface area contributed by atoms with Gasteiger partial charge in [-0.2, -0.15) is 10.1 Å². The van der Waals surface area contributed by atoms with E-state index in [9.17, 15) is 0 Å². The maximum Gasteiger partial charge on any atom is 0.249 e. The van der Waals surface area contributed by atoms with Gasteiger partial charge in [-0.3, -0.25) is 0 Å². The van der Waals surface area contributed by atoms with E-state index in [0.29, 0.717) is 5.95 Å². The molecule has 20 heavy (non-hydrogen) atoms. The van der Waals surface area contributed by atoms with Crippen LogP contribution in [-0.2, 0) is 6.42 Å². The Morgan fingerprint density at radius 2 is 1.90 bits per heavy atom. The molecule has 104 valence electrons. The minimum absolute atomic E-state index is 0.554. The van der Waals surface area contributed by atoms with Crippen LogP contribution in [0.15, 0.2) is 30.5 Å². The van der Waals surface area contributed by atoms with E-state index in [1.54, 1.807) is 6.20 Å². The summed E-state index contributed by atoms with van der Waals surface area (Å²) in [7, 11) is 0. The van der Waals surface area contributed by atoms with Crippen LogP contribution < -0.4 is 10.2 Å². The van der Waals surface area contributed by atoms with Gasteiger partial charge in [-0.25, -0.2) is 0 Å². The lowest BCUT2D eigenvalue weighted by molar-refractivity contribution is 0.890. The van der Waals surface area contributed by atoms with Crippen molar-refractivity contribution in [3.05, 3.63) is 36.0 Å². The van der Waals surface area contributed by atoms with Gasteiger partial charge in [-0.1, -0.05) is 19.1 Å². The lowest BCUT2D eigenvalue weighted by Crippen LogP contribution is -2.19. The highest BCUT2D eigenvalue weighted by Gasteiger charge is 2.14. The molecule has 5 heteroatoms. The van der Waals surface area contributed by atoms with Crippen LogP contribution in [0.25, 0.3) is 0 Å². The Balaban J connectivity index is 1.74. The van der Waals surface area contributed by atoms with Gasteiger partial charge in [0, 0.05) is 18.8 Å². The molecule has 1 fully saturated rings. The lowest BCUT2D eigenvalue weighted by Gasteiger charge is -2.15. The Labute approximate surface area is 119 Å².